The monoisotopic (exact) mass is 342 g/mol. The summed E-state index contributed by atoms with van der Waals surface area (Å²) in [6.45, 7) is 1.46. The second-order valence-corrected chi connectivity index (χ2v) is 6.87. The third-order valence-corrected chi connectivity index (χ3v) is 5.15. The highest BCUT2D eigenvalue weighted by molar-refractivity contribution is 7.21. The van der Waals surface area contributed by atoms with Crippen molar-refractivity contribution in [1.82, 2.24) is 9.97 Å². The molecule has 5 nitrogen and oxygen atoms in total. The molecular weight excluding hydrogens is 327 g/mol. The van der Waals surface area contributed by atoms with Gasteiger partial charge in [0.2, 0.25) is 5.95 Å². The summed E-state index contributed by atoms with van der Waals surface area (Å²) < 4.78 is 14.3. The average Bonchev–Trinajstić information content (AvgIpc) is 3.29. The first-order valence-corrected chi connectivity index (χ1v) is 8.48. The van der Waals surface area contributed by atoms with Gasteiger partial charge in [-0.15, -0.1) is 11.3 Å². The number of anilines is 2. The van der Waals surface area contributed by atoms with E-state index in [0.717, 1.165) is 12.8 Å². The molecule has 7 heteroatoms. The van der Waals surface area contributed by atoms with Gasteiger partial charge in [0.25, 0.3) is 0 Å². The van der Waals surface area contributed by atoms with Gasteiger partial charge in [-0.2, -0.15) is 0 Å². The van der Waals surface area contributed by atoms with Crippen LogP contribution in [-0.4, -0.2) is 21.8 Å². The molecule has 1 fully saturated rings. The minimum absolute atomic E-state index is 0.133. The molecular formula is C17H15FN4OS. The quantitative estimate of drug-likeness (QED) is 0.704. The smallest absolute Gasteiger partial charge is 0.224 e. The van der Waals surface area contributed by atoms with Gasteiger partial charge >= 0.3 is 0 Å². The number of benzene rings is 1. The van der Waals surface area contributed by atoms with E-state index < -0.39 is 0 Å². The summed E-state index contributed by atoms with van der Waals surface area (Å²) in [5.74, 6) is -0.0730. The predicted octanol–water partition coefficient (Wildman–Crippen LogP) is 3.86. The van der Waals surface area contributed by atoms with Crippen molar-refractivity contribution in [3.8, 4) is 11.3 Å². The van der Waals surface area contributed by atoms with Crippen LogP contribution in [0.3, 0.4) is 0 Å². The van der Waals surface area contributed by atoms with Crippen LogP contribution in [0.5, 0.6) is 0 Å². The Morgan fingerprint density at radius 2 is 2.08 bits per heavy atom. The molecule has 4 rings (SSSR count). The van der Waals surface area contributed by atoms with Gasteiger partial charge in [-0.3, -0.25) is 4.79 Å². The van der Waals surface area contributed by atoms with Crippen molar-refractivity contribution in [2.75, 3.05) is 11.1 Å². The number of carbonyl (C=O) groups is 1. The minimum Gasteiger partial charge on any atom is -0.397 e. The zero-order valence-corrected chi connectivity index (χ0v) is 13.8. The summed E-state index contributed by atoms with van der Waals surface area (Å²) >= 11 is 1.22. The summed E-state index contributed by atoms with van der Waals surface area (Å²) in [7, 11) is 0. The number of fused-ring (bicyclic) bond motifs is 1. The Morgan fingerprint density at radius 1 is 1.33 bits per heavy atom. The fraction of sp³-hybridized carbons (Fsp3) is 0.235. The first-order chi connectivity index (χ1) is 11.5. The number of aromatic nitrogens is 2. The van der Waals surface area contributed by atoms with Crippen molar-refractivity contribution in [2.24, 2.45) is 0 Å². The molecule has 24 heavy (non-hydrogen) atoms. The number of nitrogens with one attached hydrogen (secondary N) is 1. The van der Waals surface area contributed by atoms with Crippen molar-refractivity contribution < 1.29 is 9.18 Å². The van der Waals surface area contributed by atoms with Crippen LogP contribution in [0.4, 0.5) is 16.0 Å². The zero-order chi connectivity index (χ0) is 16.8. The SMILES string of the molecule is CC(=O)c1sc2nc(NC3CC3)nc(-c3ccccc3F)c2c1N. The van der Waals surface area contributed by atoms with Gasteiger partial charge in [0.1, 0.15) is 10.6 Å². The van der Waals surface area contributed by atoms with Crippen LogP contribution in [0.25, 0.3) is 21.5 Å². The van der Waals surface area contributed by atoms with E-state index in [2.05, 4.69) is 15.3 Å². The van der Waals surface area contributed by atoms with Crippen LogP contribution >= 0.6 is 11.3 Å². The number of hydrogen-bond acceptors (Lipinski definition) is 6. The largest absolute Gasteiger partial charge is 0.397 e. The van der Waals surface area contributed by atoms with Gasteiger partial charge in [0.15, 0.2) is 5.78 Å². The molecule has 0 bridgehead atoms. The molecule has 0 saturated heterocycles. The highest BCUT2D eigenvalue weighted by Crippen LogP contribution is 2.40. The summed E-state index contributed by atoms with van der Waals surface area (Å²) in [6, 6.07) is 6.77. The molecule has 1 aliphatic rings. The Kier molecular flexibility index (Phi) is 3.45. The Morgan fingerprint density at radius 3 is 2.75 bits per heavy atom. The van der Waals surface area contributed by atoms with E-state index in [1.54, 1.807) is 18.2 Å². The molecule has 0 amide bonds. The predicted molar refractivity (Wildman–Crippen MR) is 93.9 cm³/mol. The minimum atomic E-state index is -0.384. The van der Waals surface area contributed by atoms with Gasteiger partial charge in [-0.25, -0.2) is 14.4 Å². The molecule has 3 aromatic rings. The van der Waals surface area contributed by atoms with Gasteiger partial charge in [-0.1, -0.05) is 12.1 Å². The number of ketones is 1. The van der Waals surface area contributed by atoms with Crippen LogP contribution in [0.2, 0.25) is 0 Å². The summed E-state index contributed by atoms with van der Waals surface area (Å²) in [6.07, 6.45) is 2.14. The number of nitrogen functional groups attached to an aromatic ring is 1. The molecule has 0 atom stereocenters. The Hall–Kier alpha value is -2.54. The first-order valence-electron chi connectivity index (χ1n) is 7.67. The molecule has 1 saturated carbocycles. The molecule has 122 valence electrons. The molecule has 3 N–H and O–H groups in total. The molecule has 0 aliphatic heterocycles. The van der Waals surface area contributed by atoms with E-state index in [1.807, 2.05) is 0 Å². The van der Waals surface area contributed by atoms with E-state index in [0.29, 0.717) is 44.0 Å². The molecule has 0 unspecified atom stereocenters. The van der Waals surface area contributed by atoms with Crippen LogP contribution in [0.15, 0.2) is 24.3 Å². The number of nitrogens with two attached hydrogens (primary N) is 1. The van der Waals surface area contributed by atoms with Gasteiger partial charge in [0, 0.05) is 18.5 Å². The number of rotatable bonds is 4. The third kappa shape index (κ3) is 2.50. The Bertz CT molecular complexity index is 965. The standard InChI is InChI=1S/C17H15FN4OS/c1-8(23)15-13(19)12-14(10-4-2-3-5-11(10)18)21-17(20-9-6-7-9)22-16(12)24-15/h2-5,9H,6-7,19H2,1H3,(H,20,21,22). The lowest BCUT2D eigenvalue weighted by atomic mass is 10.1. The van der Waals surface area contributed by atoms with Gasteiger partial charge in [-0.05, 0) is 25.0 Å². The lowest BCUT2D eigenvalue weighted by Gasteiger charge is -2.09. The first kappa shape index (κ1) is 15.0. The molecule has 2 aromatic heterocycles. The summed E-state index contributed by atoms with van der Waals surface area (Å²) in [5.41, 5.74) is 7.25. The number of nitrogens with zero attached hydrogens (tertiary/aromatic N) is 2. The molecule has 0 radical (unpaired) electrons. The van der Waals surface area contributed by atoms with Crippen LogP contribution in [-0.2, 0) is 0 Å². The van der Waals surface area contributed by atoms with E-state index in [1.165, 1.54) is 24.3 Å². The Labute approximate surface area is 141 Å². The fourth-order valence-corrected chi connectivity index (χ4v) is 3.60. The number of carbonyl (C=O) groups excluding carboxylic acids is 1. The molecule has 2 heterocycles. The van der Waals surface area contributed by atoms with Gasteiger partial charge < -0.3 is 11.1 Å². The average molecular weight is 342 g/mol. The number of thiophene rings is 1. The van der Waals surface area contributed by atoms with Crippen molar-refractivity contribution >= 4 is 39.0 Å². The highest BCUT2D eigenvalue weighted by Gasteiger charge is 2.25. The second kappa shape index (κ2) is 5.52. The van der Waals surface area contributed by atoms with Crippen molar-refractivity contribution in [2.45, 2.75) is 25.8 Å². The van der Waals surface area contributed by atoms with Gasteiger partial charge in [0.05, 0.1) is 21.6 Å². The lowest BCUT2D eigenvalue weighted by molar-refractivity contribution is 0.102. The maximum atomic E-state index is 14.3. The maximum absolute atomic E-state index is 14.3. The van der Waals surface area contributed by atoms with Crippen LogP contribution < -0.4 is 11.1 Å². The summed E-state index contributed by atoms with van der Waals surface area (Å²) in [4.78, 5) is 21.8. The third-order valence-electron chi connectivity index (χ3n) is 3.95. The van der Waals surface area contributed by atoms with Crippen molar-refractivity contribution in [3.05, 3.63) is 35.0 Å². The van der Waals surface area contributed by atoms with Crippen molar-refractivity contribution in [3.63, 3.8) is 0 Å². The van der Waals surface area contributed by atoms with E-state index in [-0.39, 0.29) is 11.6 Å². The second-order valence-electron chi connectivity index (χ2n) is 5.88. The molecule has 1 aliphatic carbocycles. The van der Waals surface area contributed by atoms with Crippen LogP contribution in [0, 0.1) is 5.82 Å². The number of halogens is 1. The van der Waals surface area contributed by atoms with E-state index >= 15 is 0 Å². The lowest BCUT2D eigenvalue weighted by Crippen LogP contribution is -2.06. The highest BCUT2D eigenvalue weighted by atomic mass is 32.1. The topological polar surface area (TPSA) is 80.9 Å². The maximum Gasteiger partial charge on any atom is 0.224 e. The van der Waals surface area contributed by atoms with E-state index in [9.17, 15) is 9.18 Å². The normalized spacial score (nSPS) is 14.1. The number of Topliss-reactive ketones (excluding diaryl/α,β-unsaturated/α-hetero) is 1. The van der Waals surface area contributed by atoms with Crippen LogP contribution in [0.1, 0.15) is 29.4 Å². The van der Waals surface area contributed by atoms with E-state index in [4.69, 9.17) is 5.73 Å². The summed E-state index contributed by atoms with van der Waals surface area (Å²) in [5, 5.41) is 3.77. The molecule has 0 spiro atoms. The number of hydrogen-bond donors (Lipinski definition) is 2. The Balaban J connectivity index is 2.00. The van der Waals surface area contributed by atoms with Crippen molar-refractivity contribution in [1.29, 1.82) is 0 Å². The fourth-order valence-electron chi connectivity index (χ4n) is 2.61. The molecule has 1 aromatic carbocycles. The zero-order valence-electron chi connectivity index (χ0n) is 13.0.